The second-order valence-electron chi connectivity index (χ2n) is 6.44. The van der Waals surface area contributed by atoms with Crippen molar-refractivity contribution >= 4 is 5.95 Å². The molecule has 1 saturated heterocycles. The molecule has 0 radical (unpaired) electrons. The van der Waals surface area contributed by atoms with Crippen molar-refractivity contribution in [1.82, 2.24) is 9.97 Å². The van der Waals surface area contributed by atoms with Crippen molar-refractivity contribution in [3.8, 4) is 0 Å². The molecule has 1 aliphatic rings. The first kappa shape index (κ1) is 15.0. The highest BCUT2D eigenvalue weighted by molar-refractivity contribution is 5.32. The van der Waals surface area contributed by atoms with Gasteiger partial charge in [0.2, 0.25) is 5.95 Å². The number of rotatable bonds is 3. The second kappa shape index (κ2) is 6.05. The first-order valence-corrected chi connectivity index (χ1v) is 7.85. The van der Waals surface area contributed by atoms with Crippen LogP contribution >= 0.6 is 0 Å². The number of piperidine rings is 1. The predicted molar refractivity (Wildman–Crippen MR) is 87.9 cm³/mol. The van der Waals surface area contributed by atoms with Gasteiger partial charge in [0.15, 0.2) is 0 Å². The summed E-state index contributed by atoms with van der Waals surface area (Å²) >= 11 is 0. The van der Waals surface area contributed by atoms with E-state index < -0.39 is 5.60 Å². The number of benzene rings is 1. The van der Waals surface area contributed by atoms with Crippen LogP contribution in [0.25, 0.3) is 0 Å². The highest BCUT2D eigenvalue weighted by atomic mass is 16.3. The summed E-state index contributed by atoms with van der Waals surface area (Å²) in [6, 6.07) is 12.3. The molecule has 0 saturated carbocycles. The molecular weight excluding hydrogens is 274 g/mol. The van der Waals surface area contributed by atoms with Gasteiger partial charge in [-0.25, -0.2) is 9.97 Å². The van der Waals surface area contributed by atoms with E-state index in [0.717, 1.165) is 37.6 Å². The smallest absolute Gasteiger partial charge is 0.225 e. The Hall–Kier alpha value is -1.94. The maximum absolute atomic E-state index is 10.7. The average molecular weight is 297 g/mol. The zero-order valence-electron chi connectivity index (χ0n) is 13.2. The van der Waals surface area contributed by atoms with Gasteiger partial charge in [0.25, 0.3) is 0 Å². The van der Waals surface area contributed by atoms with Crippen molar-refractivity contribution in [2.75, 3.05) is 18.0 Å². The molecule has 0 bridgehead atoms. The quantitative estimate of drug-likeness (QED) is 0.946. The molecule has 0 aliphatic carbocycles. The average Bonchev–Trinajstić information content (AvgIpc) is 2.50. The molecule has 1 aromatic carbocycles. The fourth-order valence-electron chi connectivity index (χ4n) is 3.07. The first-order valence-electron chi connectivity index (χ1n) is 7.85. The lowest BCUT2D eigenvalue weighted by Gasteiger charge is -2.43. The van der Waals surface area contributed by atoms with Gasteiger partial charge in [-0.05, 0) is 38.3 Å². The molecule has 1 aromatic heterocycles. The summed E-state index contributed by atoms with van der Waals surface area (Å²) in [5.74, 6) is 0.946. The topological polar surface area (TPSA) is 49.2 Å². The summed E-state index contributed by atoms with van der Waals surface area (Å²) in [6.07, 6.45) is 3.41. The van der Waals surface area contributed by atoms with E-state index in [2.05, 4.69) is 27.0 Å². The van der Waals surface area contributed by atoms with Gasteiger partial charge in [0.1, 0.15) is 0 Å². The van der Waals surface area contributed by atoms with Crippen LogP contribution in [0.5, 0.6) is 0 Å². The van der Waals surface area contributed by atoms with E-state index in [4.69, 9.17) is 0 Å². The first-order chi connectivity index (χ1) is 10.5. The van der Waals surface area contributed by atoms with E-state index in [-0.39, 0.29) is 5.92 Å². The molecule has 0 amide bonds. The van der Waals surface area contributed by atoms with Crippen molar-refractivity contribution in [1.29, 1.82) is 0 Å². The van der Waals surface area contributed by atoms with E-state index in [9.17, 15) is 5.11 Å². The molecule has 4 heteroatoms. The largest absolute Gasteiger partial charge is 0.390 e. The van der Waals surface area contributed by atoms with Crippen LogP contribution < -0.4 is 4.90 Å². The monoisotopic (exact) mass is 297 g/mol. The number of hydrogen-bond donors (Lipinski definition) is 1. The van der Waals surface area contributed by atoms with Crippen LogP contribution in [0.3, 0.4) is 0 Å². The molecule has 0 spiro atoms. The zero-order chi connectivity index (χ0) is 15.6. The van der Waals surface area contributed by atoms with Crippen LogP contribution in [0, 0.1) is 12.8 Å². The molecule has 1 aliphatic heterocycles. The van der Waals surface area contributed by atoms with E-state index in [1.54, 1.807) is 6.20 Å². The van der Waals surface area contributed by atoms with Gasteiger partial charge in [-0.3, -0.25) is 0 Å². The third-order valence-electron chi connectivity index (χ3n) is 4.60. The van der Waals surface area contributed by atoms with Gasteiger partial charge >= 0.3 is 0 Å². The van der Waals surface area contributed by atoms with Crippen molar-refractivity contribution in [2.24, 2.45) is 5.92 Å². The van der Waals surface area contributed by atoms with E-state index in [1.165, 1.54) is 5.56 Å². The Morgan fingerprint density at radius 2 is 2.05 bits per heavy atom. The Balaban J connectivity index is 1.78. The number of hydrogen-bond acceptors (Lipinski definition) is 4. The SMILES string of the molecule is Cc1ccnc(N2CC[C@@](C)(O)[C@@H](Cc3ccccc3)C2)n1. The molecule has 1 N–H and O–H groups in total. The Bertz CT molecular complexity index is 627. The maximum atomic E-state index is 10.7. The number of nitrogens with zero attached hydrogens (tertiary/aromatic N) is 3. The lowest BCUT2D eigenvalue weighted by molar-refractivity contribution is -0.0169. The highest BCUT2D eigenvalue weighted by Gasteiger charge is 2.38. The van der Waals surface area contributed by atoms with Crippen molar-refractivity contribution in [3.05, 3.63) is 53.9 Å². The molecule has 22 heavy (non-hydrogen) atoms. The fourth-order valence-corrected chi connectivity index (χ4v) is 3.07. The molecule has 2 heterocycles. The van der Waals surface area contributed by atoms with Crippen LogP contribution in [0.15, 0.2) is 42.6 Å². The summed E-state index contributed by atoms with van der Waals surface area (Å²) in [5, 5.41) is 10.7. The summed E-state index contributed by atoms with van der Waals surface area (Å²) in [6.45, 7) is 5.51. The molecule has 0 unspecified atom stereocenters. The minimum Gasteiger partial charge on any atom is -0.390 e. The van der Waals surface area contributed by atoms with Gasteiger partial charge in [0, 0.05) is 30.9 Å². The number of aliphatic hydroxyl groups is 1. The highest BCUT2D eigenvalue weighted by Crippen LogP contribution is 2.31. The molecule has 4 nitrogen and oxygen atoms in total. The molecule has 3 rings (SSSR count). The summed E-state index contributed by atoms with van der Waals surface area (Å²) in [7, 11) is 0. The standard InChI is InChI=1S/C18H23N3O/c1-14-8-10-19-17(20-14)21-11-9-18(2,22)16(13-21)12-15-6-4-3-5-7-15/h3-8,10,16,22H,9,11-13H2,1-2H3/t16-,18+/m0/s1. The molecule has 116 valence electrons. The molecular formula is C18H23N3O. The van der Waals surface area contributed by atoms with Gasteiger partial charge in [-0.1, -0.05) is 30.3 Å². The van der Waals surface area contributed by atoms with Crippen molar-refractivity contribution < 1.29 is 5.11 Å². The Kier molecular flexibility index (Phi) is 4.12. The van der Waals surface area contributed by atoms with Gasteiger partial charge in [-0.15, -0.1) is 0 Å². The van der Waals surface area contributed by atoms with Gasteiger partial charge < -0.3 is 10.0 Å². The van der Waals surface area contributed by atoms with Crippen LogP contribution in [-0.4, -0.2) is 33.8 Å². The second-order valence-corrected chi connectivity index (χ2v) is 6.44. The van der Waals surface area contributed by atoms with Crippen molar-refractivity contribution in [2.45, 2.75) is 32.3 Å². The van der Waals surface area contributed by atoms with Gasteiger partial charge in [0.05, 0.1) is 5.60 Å². The van der Waals surface area contributed by atoms with E-state index in [0.29, 0.717) is 0 Å². The number of aromatic nitrogens is 2. The lowest BCUT2D eigenvalue weighted by Crippen LogP contribution is -2.51. The van der Waals surface area contributed by atoms with Crippen LogP contribution in [0.1, 0.15) is 24.6 Å². The maximum Gasteiger partial charge on any atom is 0.225 e. The van der Waals surface area contributed by atoms with Crippen LogP contribution in [0.2, 0.25) is 0 Å². The summed E-state index contributed by atoms with van der Waals surface area (Å²) < 4.78 is 0. The molecule has 1 fully saturated rings. The minimum atomic E-state index is -0.643. The lowest BCUT2D eigenvalue weighted by atomic mass is 9.79. The normalized spacial score (nSPS) is 25.2. The predicted octanol–water partition coefficient (Wildman–Crippen LogP) is 2.61. The van der Waals surface area contributed by atoms with Crippen LogP contribution in [-0.2, 0) is 6.42 Å². The minimum absolute atomic E-state index is 0.174. The third-order valence-corrected chi connectivity index (χ3v) is 4.60. The number of aryl methyl sites for hydroxylation is 1. The van der Waals surface area contributed by atoms with Gasteiger partial charge in [-0.2, -0.15) is 0 Å². The molecule has 2 atom stereocenters. The Labute approximate surface area is 131 Å². The Morgan fingerprint density at radius 1 is 1.27 bits per heavy atom. The summed E-state index contributed by atoms with van der Waals surface area (Å²) in [4.78, 5) is 11.1. The summed E-state index contributed by atoms with van der Waals surface area (Å²) in [5.41, 5.74) is 1.60. The van der Waals surface area contributed by atoms with E-state index >= 15 is 0 Å². The van der Waals surface area contributed by atoms with Crippen molar-refractivity contribution in [3.63, 3.8) is 0 Å². The van der Waals surface area contributed by atoms with Crippen LogP contribution in [0.4, 0.5) is 5.95 Å². The Morgan fingerprint density at radius 3 is 2.77 bits per heavy atom. The fraction of sp³-hybridized carbons (Fsp3) is 0.444. The zero-order valence-corrected chi connectivity index (χ0v) is 13.2. The molecule has 2 aromatic rings. The third kappa shape index (κ3) is 3.28. The van der Waals surface area contributed by atoms with E-state index in [1.807, 2.05) is 38.1 Å². The number of anilines is 1.